The Labute approximate surface area is 277 Å². The predicted molar refractivity (Wildman–Crippen MR) is 172 cm³/mol. The summed E-state index contributed by atoms with van der Waals surface area (Å²) in [4.78, 5) is 24.9. The zero-order chi connectivity index (χ0) is 31.6. The summed E-state index contributed by atoms with van der Waals surface area (Å²) in [6, 6.07) is 29.6. The number of hydrogen-bond donors (Lipinski definition) is 0. The molecule has 6 rings (SSSR count). The Morgan fingerprint density at radius 3 is 1.30 bits per heavy atom. The number of aromatic nitrogens is 4. The summed E-state index contributed by atoms with van der Waals surface area (Å²) in [6.07, 6.45) is 3.54. The fraction of sp³-hybridized carbons (Fsp3) is 0.0968. The van der Waals surface area contributed by atoms with Crippen molar-refractivity contribution in [3.63, 3.8) is 0 Å². The number of nitrogens with zero attached hydrogens (tertiary/aromatic N) is 5. The van der Waals surface area contributed by atoms with Gasteiger partial charge in [0.25, 0.3) is 0 Å². The Hall–Kier alpha value is -4.42. The normalized spacial score (nSPS) is 9.27. The molecule has 0 unspecified atom stereocenters. The molecule has 0 saturated heterocycles. The van der Waals surface area contributed by atoms with Crippen LogP contribution in [-0.2, 0) is 0 Å². The number of fused-ring (bicyclic) bond motifs is 2. The second-order valence-corrected chi connectivity index (χ2v) is 9.12. The molecular weight excluding hydrogens is 663 g/mol. The fourth-order valence-electron chi connectivity index (χ4n) is 3.46. The molecule has 2 aromatic carbocycles. The Morgan fingerprint density at radius 2 is 0.977 bits per heavy atom. The first kappa shape index (κ1) is 37.6. The molecular formula is C31H26Cl2GaN5O5. The second kappa shape index (κ2) is 20.5. The van der Waals surface area contributed by atoms with Crippen molar-refractivity contribution in [2.75, 3.05) is 5.34 Å². The molecule has 0 radical (unpaired) electrons. The summed E-state index contributed by atoms with van der Waals surface area (Å²) in [6.45, 7) is 3.76. The van der Waals surface area contributed by atoms with Gasteiger partial charge in [-0.1, -0.05) is 72.2 Å². The largest absolute Gasteiger partial charge is 3.00 e. The summed E-state index contributed by atoms with van der Waals surface area (Å²) < 4.78 is 0. The zero-order valence-corrected chi connectivity index (χ0v) is 27.6. The van der Waals surface area contributed by atoms with Gasteiger partial charge in [-0.3, -0.25) is 19.9 Å². The molecule has 44 heavy (non-hydrogen) atoms. The third-order valence-electron chi connectivity index (χ3n) is 5.24. The Bertz CT molecular complexity index is 1590. The third-order valence-corrected chi connectivity index (χ3v) is 5.24. The van der Waals surface area contributed by atoms with E-state index >= 15 is 0 Å². The first-order valence-corrected chi connectivity index (χ1v) is 13.6. The first-order chi connectivity index (χ1) is 20.7. The van der Waals surface area contributed by atoms with Crippen LogP contribution in [0.5, 0.6) is 11.5 Å². The van der Waals surface area contributed by atoms with Crippen LogP contribution >= 0.6 is 23.2 Å². The molecule has 4 aromatic heterocycles. The van der Waals surface area contributed by atoms with E-state index in [0.29, 0.717) is 11.0 Å². The number of para-hydroxylation sites is 2. The van der Waals surface area contributed by atoms with Crippen LogP contribution in [0.4, 0.5) is 0 Å². The molecule has 0 saturated carbocycles. The molecule has 13 heteroatoms. The van der Waals surface area contributed by atoms with Crippen molar-refractivity contribution in [1.29, 1.82) is 0 Å². The Morgan fingerprint density at radius 1 is 0.614 bits per heavy atom. The third kappa shape index (κ3) is 13.3. The van der Waals surface area contributed by atoms with E-state index in [1.165, 1.54) is 12.1 Å². The number of pyridine rings is 4. The van der Waals surface area contributed by atoms with Crippen molar-refractivity contribution in [2.24, 2.45) is 0 Å². The Balaban J connectivity index is 0.000000295. The van der Waals surface area contributed by atoms with Crippen LogP contribution in [-0.4, -0.2) is 50.2 Å². The molecule has 0 N–H and O–H groups in total. The molecule has 4 heterocycles. The van der Waals surface area contributed by atoms with E-state index in [0.717, 1.165) is 33.5 Å². The maximum Gasteiger partial charge on any atom is 3.00 e. The van der Waals surface area contributed by atoms with Crippen molar-refractivity contribution in [2.45, 2.75) is 13.8 Å². The maximum absolute atomic E-state index is 11.3. The van der Waals surface area contributed by atoms with E-state index in [1.54, 1.807) is 24.5 Å². The zero-order valence-electron chi connectivity index (χ0n) is 23.7. The maximum atomic E-state index is 11.3. The summed E-state index contributed by atoms with van der Waals surface area (Å²) >= 11 is 9.53. The molecule has 0 aliphatic rings. The molecule has 0 atom stereocenters. The average molecular weight is 689 g/mol. The van der Waals surface area contributed by atoms with Crippen LogP contribution in [0.3, 0.4) is 0 Å². The van der Waals surface area contributed by atoms with Crippen molar-refractivity contribution in [1.82, 2.24) is 19.9 Å². The summed E-state index contributed by atoms with van der Waals surface area (Å²) in [5, 5.41) is 39.3. The molecule has 0 bridgehead atoms. The molecule has 0 fully saturated rings. The monoisotopic (exact) mass is 687 g/mol. The van der Waals surface area contributed by atoms with Gasteiger partial charge in [-0.25, -0.2) is 0 Å². The first-order valence-electron chi connectivity index (χ1n) is 12.5. The molecule has 6 aromatic rings. The minimum Gasteiger partial charge on any atom is -0.871 e. The number of hydrogen-bond acceptors (Lipinski definition) is 9. The summed E-state index contributed by atoms with van der Waals surface area (Å²) in [5.74, 6) is -0.00704. The van der Waals surface area contributed by atoms with E-state index in [2.05, 4.69) is 19.9 Å². The van der Waals surface area contributed by atoms with Gasteiger partial charge in [-0.2, -0.15) is 0 Å². The molecule has 10 nitrogen and oxygen atoms in total. The van der Waals surface area contributed by atoms with Crippen molar-refractivity contribution < 1.29 is 15.3 Å². The van der Waals surface area contributed by atoms with Crippen molar-refractivity contribution >= 4 is 64.8 Å². The standard InChI is InChI=1S/C10H8N2.2C10H9NO.CH2Cl2.Ga.NO3/c1-3-7-11-9(5-1)10-6-2-4-8-12-10;2*1-7-5-6-8-3-2-4-9(12)10(8)11-7;2-1-3;;2-1(3)4/h1-8H;2*2-6,12H,1H3;1H2;;/q;;;;+3;-1/p-2. The van der Waals surface area contributed by atoms with Gasteiger partial charge in [0.2, 0.25) is 0 Å². The molecule has 0 amide bonds. The minimum absolute atomic E-state index is 0. The van der Waals surface area contributed by atoms with Crippen molar-refractivity contribution in [3.8, 4) is 22.9 Å². The van der Waals surface area contributed by atoms with E-state index in [4.69, 9.17) is 38.5 Å². The van der Waals surface area contributed by atoms with Gasteiger partial charge in [0.05, 0.1) is 32.8 Å². The van der Waals surface area contributed by atoms with Gasteiger partial charge in [-0.15, -0.1) is 23.2 Å². The molecule has 0 aliphatic carbocycles. The molecule has 222 valence electrons. The SMILES string of the molecule is Cc1ccc2cccc([O-])c2n1.Cc1ccc2cccc([O-])c2n1.ClCCl.O=[N+]([O-])[O-].[Ga+3].c1ccc(-c2ccccn2)nc1. The Kier molecular flexibility index (Phi) is 17.5. The molecule has 0 spiro atoms. The van der Waals surface area contributed by atoms with Crippen LogP contribution in [0.25, 0.3) is 33.2 Å². The van der Waals surface area contributed by atoms with Gasteiger partial charge < -0.3 is 25.5 Å². The number of benzene rings is 2. The van der Waals surface area contributed by atoms with Crippen LogP contribution in [0, 0.1) is 29.2 Å². The van der Waals surface area contributed by atoms with E-state index in [1.807, 2.05) is 86.6 Å². The summed E-state index contributed by atoms with van der Waals surface area (Å²) in [5.41, 5.74) is 4.72. The summed E-state index contributed by atoms with van der Waals surface area (Å²) in [7, 11) is 0. The van der Waals surface area contributed by atoms with Crippen LogP contribution in [0.15, 0.2) is 109 Å². The van der Waals surface area contributed by atoms with Gasteiger partial charge >= 0.3 is 19.8 Å². The van der Waals surface area contributed by atoms with E-state index in [-0.39, 0.29) is 36.6 Å². The van der Waals surface area contributed by atoms with Crippen molar-refractivity contribution in [3.05, 3.63) is 136 Å². The average Bonchev–Trinajstić information content (AvgIpc) is 3.00. The number of rotatable bonds is 1. The van der Waals surface area contributed by atoms with Crippen LogP contribution in [0.2, 0.25) is 0 Å². The smallest absolute Gasteiger partial charge is 0.871 e. The van der Waals surface area contributed by atoms with Gasteiger partial charge in [-0.05, 0) is 61.0 Å². The number of aryl methyl sites for hydroxylation is 2. The van der Waals surface area contributed by atoms with Crippen LogP contribution < -0.4 is 10.2 Å². The van der Waals surface area contributed by atoms with E-state index in [9.17, 15) is 10.2 Å². The van der Waals surface area contributed by atoms with Gasteiger partial charge in [0.15, 0.2) is 0 Å². The fourth-order valence-corrected chi connectivity index (χ4v) is 3.46. The molecule has 0 aliphatic heterocycles. The number of halogens is 2. The van der Waals surface area contributed by atoms with Crippen LogP contribution in [0.1, 0.15) is 11.4 Å². The van der Waals surface area contributed by atoms with E-state index < -0.39 is 5.09 Å². The van der Waals surface area contributed by atoms with Gasteiger partial charge in [0.1, 0.15) is 0 Å². The minimum atomic E-state index is -1.75. The topological polar surface area (TPSA) is 164 Å². The quantitative estimate of drug-likeness (QED) is 0.0849. The number of alkyl halides is 2. The van der Waals surface area contributed by atoms with Gasteiger partial charge in [0, 0.05) is 23.8 Å². The predicted octanol–water partition coefficient (Wildman–Crippen LogP) is 6.18. The second-order valence-electron chi connectivity index (χ2n) is 8.32.